The van der Waals surface area contributed by atoms with Crippen LogP contribution in [-0.2, 0) is 19.6 Å². The fourth-order valence-electron chi connectivity index (χ4n) is 3.26. The van der Waals surface area contributed by atoms with Crippen molar-refractivity contribution in [3.63, 3.8) is 0 Å². The Kier molecular flexibility index (Phi) is 5.27. The van der Waals surface area contributed by atoms with Crippen LogP contribution in [0.3, 0.4) is 0 Å². The molecule has 1 spiro atoms. The second kappa shape index (κ2) is 6.56. The molecule has 134 valence electrons. The van der Waals surface area contributed by atoms with Crippen LogP contribution in [0.4, 0.5) is 13.2 Å². The molecule has 0 aromatic carbocycles. The van der Waals surface area contributed by atoms with Crippen molar-refractivity contribution in [2.75, 3.05) is 39.9 Å². The number of rotatable bonds is 4. The van der Waals surface area contributed by atoms with E-state index < -0.39 is 15.5 Å². The van der Waals surface area contributed by atoms with Gasteiger partial charge in [0, 0.05) is 39.7 Å². The van der Waals surface area contributed by atoms with Crippen LogP contribution >= 0.6 is 0 Å². The lowest BCUT2D eigenvalue weighted by Crippen LogP contribution is -2.54. The number of carbonyl (C=O) groups excluding carboxylic acids is 1. The summed E-state index contributed by atoms with van der Waals surface area (Å²) in [6, 6.07) is 0. The van der Waals surface area contributed by atoms with Crippen molar-refractivity contribution in [2.45, 2.75) is 31.2 Å². The lowest BCUT2D eigenvalue weighted by molar-refractivity contribution is -0.139. The fourth-order valence-corrected chi connectivity index (χ4v) is 4.22. The number of hydrogen-bond donors (Lipinski definition) is 0. The summed E-state index contributed by atoms with van der Waals surface area (Å²) in [5, 5.41) is 0. The molecule has 23 heavy (non-hydrogen) atoms. The van der Waals surface area contributed by atoms with Gasteiger partial charge in [-0.3, -0.25) is 4.79 Å². The number of likely N-dealkylation sites (tertiary alicyclic amines) is 1. The highest BCUT2D eigenvalue weighted by Crippen LogP contribution is 2.42. The summed E-state index contributed by atoms with van der Waals surface area (Å²) in [5.41, 5.74) is -5.55. The number of nitrogens with zero attached hydrogens (tertiary/aromatic N) is 2. The third-order valence-corrected chi connectivity index (χ3v) is 6.36. The van der Waals surface area contributed by atoms with Gasteiger partial charge in [-0.1, -0.05) is 0 Å². The molecule has 1 amide bonds. The molecule has 2 aliphatic rings. The van der Waals surface area contributed by atoms with Gasteiger partial charge in [0.1, 0.15) is 0 Å². The third-order valence-electron chi connectivity index (χ3n) is 4.73. The van der Waals surface area contributed by atoms with Crippen LogP contribution in [0.5, 0.6) is 0 Å². The van der Waals surface area contributed by atoms with Gasteiger partial charge in [-0.25, -0.2) is 8.42 Å². The summed E-state index contributed by atoms with van der Waals surface area (Å²) in [7, 11) is -3.73. The monoisotopic (exact) mass is 358 g/mol. The summed E-state index contributed by atoms with van der Waals surface area (Å²) in [6.07, 6.45) is 1.60. The number of halogens is 3. The normalized spacial score (nSPS) is 23.5. The van der Waals surface area contributed by atoms with E-state index in [0.29, 0.717) is 49.7 Å². The van der Waals surface area contributed by atoms with E-state index in [9.17, 15) is 26.4 Å². The quantitative estimate of drug-likeness (QED) is 0.757. The Labute approximate surface area is 133 Å². The van der Waals surface area contributed by atoms with E-state index >= 15 is 0 Å². The Hall–Kier alpha value is -0.870. The molecule has 0 aliphatic carbocycles. The first-order valence-electron chi connectivity index (χ1n) is 7.44. The van der Waals surface area contributed by atoms with Gasteiger partial charge in [-0.2, -0.15) is 17.5 Å². The SMILES string of the molecule is COCCN1CC2(CCC1=O)CCN(S(=O)(=O)C(F)(F)F)CC2. The Balaban J connectivity index is 2.01. The van der Waals surface area contributed by atoms with E-state index in [2.05, 4.69) is 0 Å². The van der Waals surface area contributed by atoms with Crippen LogP contribution in [0.2, 0.25) is 0 Å². The molecule has 2 aliphatic heterocycles. The van der Waals surface area contributed by atoms with Crippen LogP contribution < -0.4 is 0 Å². The molecule has 2 saturated heterocycles. The van der Waals surface area contributed by atoms with E-state index in [1.54, 1.807) is 4.90 Å². The van der Waals surface area contributed by atoms with Crippen LogP contribution in [0.1, 0.15) is 25.7 Å². The van der Waals surface area contributed by atoms with Gasteiger partial charge in [-0.05, 0) is 24.7 Å². The van der Waals surface area contributed by atoms with Crippen molar-refractivity contribution in [3.8, 4) is 0 Å². The fraction of sp³-hybridized carbons (Fsp3) is 0.923. The summed E-state index contributed by atoms with van der Waals surface area (Å²) < 4.78 is 66.2. The zero-order chi connectivity index (χ0) is 17.3. The highest BCUT2D eigenvalue weighted by molar-refractivity contribution is 7.90. The number of carbonyl (C=O) groups is 1. The van der Waals surface area contributed by atoms with Crippen molar-refractivity contribution >= 4 is 15.9 Å². The maximum absolute atomic E-state index is 12.6. The number of ether oxygens (including phenoxy) is 1. The molecular weight excluding hydrogens is 337 g/mol. The first kappa shape index (κ1) is 18.5. The van der Waals surface area contributed by atoms with E-state index in [1.165, 1.54) is 7.11 Å². The van der Waals surface area contributed by atoms with Crippen LogP contribution in [-0.4, -0.2) is 68.9 Å². The molecule has 0 atom stereocenters. The van der Waals surface area contributed by atoms with Crippen LogP contribution in [0.25, 0.3) is 0 Å². The highest BCUT2D eigenvalue weighted by atomic mass is 32.2. The van der Waals surface area contributed by atoms with Crippen molar-refractivity contribution in [2.24, 2.45) is 5.41 Å². The summed E-state index contributed by atoms with van der Waals surface area (Å²) in [6.45, 7) is 0.982. The molecule has 0 unspecified atom stereocenters. The van der Waals surface area contributed by atoms with Crippen molar-refractivity contribution in [1.29, 1.82) is 0 Å². The minimum absolute atomic E-state index is 0.0121. The van der Waals surface area contributed by atoms with E-state index in [1.807, 2.05) is 0 Å². The lowest BCUT2D eigenvalue weighted by atomic mass is 9.73. The number of sulfonamides is 1. The molecule has 0 bridgehead atoms. The summed E-state index contributed by atoms with van der Waals surface area (Å²) in [5.74, 6) is 0.0121. The second-order valence-electron chi connectivity index (χ2n) is 6.16. The minimum atomic E-state index is -5.26. The molecule has 6 nitrogen and oxygen atoms in total. The zero-order valence-corrected chi connectivity index (χ0v) is 13.8. The molecule has 0 saturated carbocycles. The standard InChI is InChI=1S/C13H21F3N2O4S/c1-22-9-8-17-10-12(3-2-11(17)19)4-6-18(7-5-12)23(20,21)13(14,15)16/h2-10H2,1H3. The molecule has 0 radical (unpaired) electrons. The molecule has 0 N–H and O–H groups in total. The van der Waals surface area contributed by atoms with Crippen molar-refractivity contribution < 1.29 is 31.1 Å². The molecule has 0 aromatic rings. The third kappa shape index (κ3) is 3.80. The minimum Gasteiger partial charge on any atom is -0.383 e. The van der Waals surface area contributed by atoms with Crippen LogP contribution in [0, 0.1) is 5.41 Å². The second-order valence-corrected chi connectivity index (χ2v) is 8.09. The number of hydrogen-bond acceptors (Lipinski definition) is 4. The molecule has 0 aromatic heterocycles. The predicted molar refractivity (Wildman–Crippen MR) is 75.9 cm³/mol. The Morgan fingerprint density at radius 3 is 2.35 bits per heavy atom. The summed E-state index contributed by atoms with van der Waals surface area (Å²) in [4.78, 5) is 13.6. The molecule has 10 heteroatoms. The predicted octanol–water partition coefficient (Wildman–Crippen LogP) is 1.19. The highest BCUT2D eigenvalue weighted by Gasteiger charge is 2.52. The maximum atomic E-state index is 12.6. The van der Waals surface area contributed by atoms with Gasteiger partial charge in [-0.15, -0.1) is 0 Å². The number of methoxy groups -OCH3 is 1. The molecule has 2 fully saturated rings. The maximum Gasteiger partial charge on any atom is 0.511 e. The van der Waals surface area contributed by atoms with Crippen LogP contribution in [0.15, 0.2) is 0 Å². The zero-order valence-electron chi connectivity index (χ0n) is 12.9. The topological polar surface area (TPSA) is 66.9 Å². The van der Waals surface area contributed by atoms with Gasteiger partial charge in [0.15, 0.2) is 0 Å². The molecular formula is C13H21F3N2O4S. The van der Waals surface area contributed by atoms with E-state index in [-0.39, 0.29) is 24.4 Å². The smallest absolute Gasteiger partial charge is 0.383 e. The number of alkyl halides is 3. The van der Waals surface area contributed by atoms with Gasteiger partial charge in [0.2, 0.25) is 5.91 Å². The largest absolute Gasteiger partial charge is 0.511 e. The van der Waals surface area contributed by atoms with Crippen molar-refractivity contribution in [3.05, 3.63) is 0 Å². The van der Waals surface area contributed by atoms with Gasteiger partial charge in [0.25, 0.3) is 0 Å². The number of piperidine rings is 2. The Morgan fingerprint density at radius 2 is 1.83 bits per heavy atom. The Morgan fingerprint density at radius 1 is 1.22 bits per heavy atom. The first-order valence-corrected chi connectivity index (χ1v) is 8.88. The van der Waals surface area contributed by atoms with Gasteiger partial charge < -0.3 is 9.64 Å². The average molecular weight is 358 g/mol. The first-order chi connectivity index (χ1) is 10.6. The lowest BCUT2D eigenvalue weighted by Gasteiger charge is -2.47. The summed E-state index contributed by atoms with van der Waals surface area (Å²) >= 11 is 0. The van der Waals surface area contributed by atoms with Gasteiger partial charge in [0.05, 0.1) is 6.61 Å². The number of amides is 1. The van der Waals surface area contributed by atoms with Gasteiger partial charge >= 0.3 is 15.5 Å². The molecule has 2 rings (SSSR count). The average Bonchev–Trinajstić information content (AvgIpc) is 2.48. The van der Waals surface area contributed by atoms with Crippen molar-refractivity contribution in [1.82, 2.24) is 9.21 Å². The molecule has 2 heterocycles. The van der Waals surface area contributed by atoms with E-state index in [0.717, 1.165) is 0 Å². The Bertz CT molecular complexity index is 542. The van der Waals surface area contributed by atoms with E-state index in [4.69, 9.17) is 4.74 Å².